The number of anilines is 1. The van der Waals surface area contributed by atoms with Gasteiger partial charge < -0.3 is 9.47 Å². The van der Waals surface area contributed by atoms with Gasteiger partial charge in [-0.2, -0.15) is 4.98 Å². The molecule has 7 nitrogen and oxygen atoms in total. The van der Waals surface area contributed by atoms with E-state index in [1.165, 1.54) is 0 Å². The van der Waals surface area contributed by atoms with Gasteiger partial charge in [-0.25, -0.2) is 4.79 Å². The average Bonchev–Trinajstić information content (AvgIpc) is 2.45. The van der Waals surface area contributed by atoms with Crippen LogP contribution in [0.25, 0.3) is 0 Å². The van der Waals surface area contributed by atoms with Gasteiger partial charge in [-0.3, -0.25) is 9.80 Å². The highest BCUT2D eigenvalue weighted by Gasteiger charge is 2.18. The first-order valence-electron chi connectivity index (χ1n) is 7.96. The van der Waals surface area contributed by atoms with Crippen LogP contribution in [0.15, 0.2) is 36.5 Å². The number of amides is 1. The molecule has 0 atom stereocenters. The molecule has 2 aromatic rings. The molecule has 1 N–H and O–H groups in total. The summed E-state index contributed by atoms with van der Waals surface area (Å²) in [4.78, 5) is 20.5. The molecule has 0 radical (unpaired) electrons. The smallest absolute Gasteiger partial charge is 0.412 e. The van der Waals surface area contributed by atoms with E-state index in [4.69, 9.17) is 9.47 Å². The van der Waals surface area contributed by atoms with E-state index in [2.05, 4.69) is 15.3 Å². The molecule has 1 aromatic heterocycles. The van der Waals surface area contributed by atoms with Gasteiger partial charge in [0.2, 0.25) is 5.88 Å². The Balaban J connectivity index is 2.11. The second kappa shape index (κ2) is 7.06. The van der Waals surface area contributed by atoms with Gasteiger partial charge in [-0.1, -0.05) is 6.07 Å². The van der Waals surface area contributed by atoms with Gasteiger partial charge in [0.1, 0.15) is 11.4 Å². The van der Waals surface area contributed by atoms with Gasteiger partial charge in [0.15, 0.2) is 0 Å². The molecule has 0 unspecified atom stereocenters. The summed E-state index contributed by atoms with van der Waals surface area (Å²) in [6.07, 6.45) is 1.14. The molecule has 0 aliphatic heterocycles. The van der Waals surface area contributed by atoms with E-state index in [-0.39, 0.29) is 0 Å². The lowest BCUT2D eigenvalue weighted by molar-refractivity contribution is 0.0636. The largest absolute Gasteiger partial charge is 0.444 e. The average molecular weight is 345 g/mol. The van der Waals surface area contributed by atoms with Crippen LogP contribution in [-0.4, -0.2) is 42.8 Å². The molecule has 134 valence electrons. The molecule has 0 saturated carbocycles. The number of aromatic nitrogens is 2. The monoisotopic (exact) mass is 345 g/mol. The molecule has 1 amide bonds. The first kappa shape index (κ1) is 18.7. The van der Waals surface area contributed by atoms with Crippen LogP contribution in [0.5, 0.6) is 11.6 Å². The maximum atomic E-state index is 11.9. The predicted molar refractivity (Wildman–Crippen MR) is 98.0 cm³/mol. The third kappa shape index (κ3) is 6.04. The zero-order valence-corrected chi connectivity index (χ0v) is 15.5. The molecule has 0 fully saturated rings. The van der Waals surface area contributed by atoms with E-state index >= 15 is 0 Å². The molecule has 1 heterocycles. The summed E-state index contributed by atoms with van der Waals surface area (Å²) in [5.41, 5.74) is 0.0217. The Morgan fingerprint density at radius 1 is 1.16 bits per heavy atom. The quantitative estimate of drug-likeness (QED) is 0.853. The lowest BCUT2D eigenvalue weighted by Gasteiger charge is -2.20. The van der Waals surface area contributed by atoms with E-state index in [1.807, 2.05) is 41.9 Å². The molecule has 2 rings (SSSR count). The van der Waals surface area contributed by atoms with Crippen LogP contribution in [-0.2, 0) is 4.74 Å². The molecule has 7 heteroatoms. The van der Waals surface area contributed by atoms with Crippen molar-refractivity contribution in [2.75, 3.05) is 26.5 Å². The van der Waals surface area contributed by atoms with E-state index in [1.54, 1.807) is 36.5 Å². The first-order chi connectivity index (χ1) is 11.5. The second-order valence-electron chi connectivity index (χ2n) is 7.46. The van der Waals surface area contributed by atoms with Crippen molar-refractivity contribution in [3.05, 3.63) is 36.5 Å². The number of rotatable bonds is 4. The van der Waals surface area contributed by atoms with Gasteiger partial charge >= 0.3 is 12.0 Å². The fourth-order valence-corrected chi connectivity index (χ4v) is 1.89. The number of nitrogens with zero attached hydrogens (tertiary/aromatic N) is 3. The van der Waals surface area contributed by atoms with Crippen LogP contribution in [0.3, 0.4) is 0 Å². The maximum absolute atomic E-state index is 11.9. The van der Waals surface area contributed by atoms with Crippen LogP contribution in [0, 0.1) is 0 Å². The van der Waals surface area contributed by atoms with Crippen LogP contribution in [0.2, 0.25) is 0 Å². The molecule has 1 aromatic carbocycles. The normalized spacial score (nSPS) is 11.8. The fourth-order valence-electron chi connectivity index (χ4n) is 1.89. The number of quaternary nitrogens is 1. The van der Waals surface area contributed by atoms with E-state index in [0.717, 1.165) is 0 Å². The van der Waals surface area contributed by atoms with Crippen molar-refractivity contribution in [1.82, 2.24) is 14.5 Å². The summed E-state index contributed by atoms with van der Waals surface area (Å²) in [6, 6.07) is 8.72. The minimum Gasteiger partial charge on any atom is -0.444 e. The lowest BCUT2D eigenvalue weighted by atomic mass is 10.2. The topological polar surface area (TPSA) is 73.3 Å². The van der Waals surface area contributed by atoms with Crippen molar-refractivity contribution >= 4 is 17.7 Å². The minimum atomic E-state index is -0.555. The van der Waals surface area contributed by atoms with Gasteiger partial charge in [0.05, 0.1) is 21.1 Å². The van der Waals surface area contributed by atoms with Gasteiger partial charge in [-0.05, 0) is 32.9 Å². The Labute approximate surface area is 148 Å². The Bertz CT molecular complexity index is 748. The Hall–Kier alpha value is -2.67. The van der Waals surface area contributed by atoms with E-state index in [9.17, 15) is 4.79 Å². The number of benzene rings is 1. The number of carbonyl (C=O) groups is 1. The van der Waals surface area contributed by atoms with Crippen molar-refractivity contribution in [2.24, 2.45) is 0 Å². The van der Waals surface area contributed by atoms with Gasteiger partial charge in [0, 0.05) is 24.0 Å². The van der Waals surface area contributed by atoms with Crippen molar-refractivity contribution in [3.63, 3.8) is 0 Å². The second-order valence-corrected chi connectivity index (χ2v) is 7.46. The third-order valence-electron chi connectivity index (χ3n) is 2.92. The van der Waals surface area contributed by atoms with Gasteiger partial charge in [0.25, 0.3) is 0 Å². The lowest BCUT2D eigenvalue weighted by Crippen LogP contribution is -2.36. The molecule has 0 spiro atoms. The van der Waals surface area contributed by atoms with Gasteiger partial charge in [-0.15, -0.1) is 4.98 Å². The number of hydrogen-bond donors (Lipinski definition) is 1. The van der Waals surface area contributed by atoms with Crippen LogP contribution in [0.1, 0.15) is 20.8 Å². The minimum absolute atomic E-state index is 0.437. The summed E-state index contributed by atoms with van der Waals surface area (Å²) in [6.45, 7) is 5.44. The fraction of sp³-hybridized carbons (Fsp3) is 0.389. The van der Waals surface area contributed by atoms with Crippen molar-refractivity contribution in [1.29, 1.82) is 0 Å². The van der Waals surface area contributed by atoms with Crippen molar-refractivity contribution in [3.8, 4) is 11.6 Å². The highest BCUT2D eigenvalue weighted by Crippen LogP contribution is 2.24. The molecule has 0 aliphatic rings. The summed E-state index contributed by atoms with van der Waals surface area (Å²) in [5.74, 6) is 1.63. The number of hydrogen-bond acceptors (Lipinski definition) is 5. The zero-order chi connectivity index (χ0) is 18.7. The number of nitrogens with one attached hydrogen (secondary N) is 1. The van der Waals surface area contributed by atoms with Crippen molar-refractivity contribution < 1.29 is 14.3 Å². The zero-order valence-electron chi connectivity index (χ0n) is 15.5. The summed E-state index contributed by atoms with van der Waals surface area (Å²) >= 11 is 0. The molecule has 0 bridgehead atoms. The molecular formula is C18H25N4O3+. The molecule has 0 aliphatic carbocycles. The third-order valence-corrected chi connectivity index (χ3v) is 2.92. The highest BCUT2D eigenvalue weighted by atomic mass is 16.6. The summed E-state index contributed by atoms with van der Waals surface area (Å²) < 4.78 is 11.5. The summed E-state index contributed by atoms with van der Waals surface area (Å²) in [5, 5.41) is 2.68. The Morgan fingerprint density at radius 2 is 1.88 bits per heavy atom. The van der Waals surface area contributed by atoms with Crippen LogP contribution < -0.4 is 14.5 Å². The Kier molecular flexibility index (Phi) is 5.27. The van der Waals surface area contributed by atoms with Crippen molar-refractivity contribution in [2.45, 2.75) is 26.4 Å². The first-order valence-corrected chi connectivity index (χ1v) is 7.96. The van der Waals surface area contributed by atoms with Crippen LogP contribution in [0.4, 0.5) is 16.4 Å². The predicted octanol–water partition coefficient (Wildman–Crippen LogP) is 3.81. The van der Waals surface area contributed by atoms with E-state index < -0.39 is 11.7 Å². The molecule has 25 heavy (non-hydrogen) atoms. The van der Waals surface area contributed by atoms with Crippen LogP contribution >= 0.6 is 0 Å². The summed E-state index contributed by atoms with van der Waals surface area (Å²) in [7, 11) is 5.93. The molecular weight excluding hydrogens is 320 g/mol. The SMILES string of the molecule is CC(C)(C)OC(=O)Nc1cccc(Oc2ccnc([N+](C)(C)C)n2)c1. The number of ether oxygens (including phenoxy) is 2. The maximum Gasteiger partial charge on any atom is 0.412 e. The molecule has 0 saturated heterocycles. The number of carbonyl (C=O) groups excluding carboxylic acids is 1. The Morgan fingerprint density at radius 3 is 2.52 bits per heavy atom. The highest BCUT2D eigenvalue weighted by molar-refractivity contribution is 5.85. The van der Waals surface area contributed by atoms with E-state index in [0.29, 0.717) is 27.7 Å². The standard InChI is InChI=1S/C18H24N4O3/c1-18(2,3)25-17(23)20-13-8-7-9-14(12-13)24-15-10-11-19-16(21-15)22(4,5)6/h7-12H,1-6H3/p+1.